The number of thiocarbonyl (C=S) groups is 1. The molecule has 1 aliphatic heterocycles. The van der Waals surface area contributed by atoms with Crippen molar-refractivity contribution < 1.29 is 14.3 Å². The number of aromatic nitrogens is 1. The Labute approximate surface area is 203 Å². The first-order valence-corrected chi connectivity index (χ1v) is 12.9. The number of nitrogens with zero attached hydrogens (tertiary/aromatic N) is 1. The molecule has 0 spiro atoms. The quantitative estimate of drug-likeness (QED) is 0.438. The van der Waals surface area contributed by atoms with Crippen LogP contribution in [0, 0.1) is 23.7 Å². The van der Waals surface area contributed by atoms with Crippen molar-refractivity contribution in [1.29, 1.82) is 0 Å². The number of hydrogen-bond donors (Lipinski definition) is 1. The van der Waals surface area contributed by atoms with Crippen LogP contribution in [0.1, 0.15) is 37.8 Å². The molecule has 0 radical (unpaired) electrons. The van der Waals surface area contributed by atoms with Gasteiger partial charge in [0, 0.05) is 29.1 Å². The number of H-pyrrole nitrogens is 1. The first-order chi connectivity index (χ1) is 16.0. The summed E-state index contributed by atoms with van der Waals surface area (Å²) in [6.07, 6.45) is 8.45. The van der Waals surface area contributed by atoms with Crippen molar-refractivity contribution in [2.75, 3.05) is 14.2 Å². The average Bonchev–Trinajstić information content (AvgIpc) is 3.38. The molecule has 0 atom stereocenters. The predicted octanol–water partition coefficient (Wildman–Crippen LogP) is 5.72. The summed E-state index contributed by atoms with van der Waals surface area (Å²) < 4.78 is 11.5. The van der Waals surface area contributed by atoms with E-state index < -0.39 is 0 Å². The van der Waals surface area contributed by atoms with Crippen LogP contribution in [0.15, 0.2) is 35.2 Å². The van der Waals surface area contributed by atoms with E-state index >= 15 is 0 Å². The maximum Gasteiger partial charge on any atom is 0.266 e. The summed E-state index contributed by atoms with van der Waals surface area (Å²) in [5.41, 5.74) is 2.79. The number of amides is 1. The molecule has 4 aliphatic carbocycles. The van der Waals surface area contributed by atoms with Gasteiger partial charge in [0.2, 0.25) is 0 Å². The number of aromatic amines is 1. The van der Waals surface area contributed by atoms with E-state index in [9.17, 15) is 4.79 Å². The van der Waals surface area contributed by atoms with Crippen LogP contribution in [-0.4, -0.2) is 40.4 Å². The van der Waals surface area contributed by atoms with E-state index in [0.717, 1.165) is 44.6 Å². The lowest BCUT2D eigenvalue weighted by Gasteiger charge is -2.56. The maximum atomic E-state index is 13.5. The van der Waals surface area contributed by atoms with Crippen molar-refractivity contribution in [1.82, 2.24) is 9.88 Å². The maximum absolute atomic E-state index is 13.5. The fraction of sp³-hybridized carbons (Fsp3) is 0.462. The second kappa shape index (κ2) is 8.20. The van der Waals surface area contributed by atoms with Crippen molar-refractivity contribution in [2.24, 2.45) is 23.7 Å². The summed E-state index contributed by atoms with van der Waals surface area (Å²) >= 11 is 7.18. The molecule has 33 heavy (non-hydrogen) atoms. The third-order valence-electron chi connectivity index (χ3n) is 7.96. The highest BCUT2D eigenvalue weighted by atomic mass is 32.2. The smallest absolute Gasteiger partial charge is 0.266 e. The van der Waals surface area contributed by atoms with Crippen LogP contribution in [0.25, 0.3) is 17.3 Å². The molecule has 1 saturated heterocycles. The Hall–Kier alpha value is -2.25. The Bertz CT molecular complexity index is 1100. The third kappa shape index (κ3) is 3.69. The van der Waals surface area contributed by atoms with Crippen LogP contribution in [0.5, 0.6) is 11.5 Å². The van der Waals surface area contributed by atoms with Crippen LogP contribution in [0.2, 0.25) is 0 Å². The Balaban J connectivity index is 1.25. The van der Waals surface area contributed by atoms with Crippen LogP contribution >= 0.6 is 24.0 Å². The van der Waals surface area contributed by atoms with Gasteiger partial charge in [0.05, 0.1) is 19.1 Å². The molecule has 4 bridgehead atoms. The molecule has 0 unspecified atom stereocenters. The zero-order valence-corrected chi connectivity index (χ0v) is 20.5. The largest absolute Gasteiger partial charge is 0.497 e. The molecule has 7 heteroatoms. The second-order valence-electron chi connectivity index (χ2n) is 9.90. The first kappa shape index (κ1) is 21.3. The Morgan fingerprint density at radius 1 is 1.00 bits per heavy atom. The minimum Gasteiger partial charge on any atom is -0.497 e. The highest BCUT2D eigenvalue weighted by molar-refractivity contribution is 8.26. The fourth-order valence-corrected chi connectivity index (χ4v) is 8.16. The van der Waals surface area contributed by atoms with Gasteiger partial charge >= 0.3 is 0 Å². The number of carbonyl (C=O) groups excluding carboxylic acids is 1. The fourth-order valence-electron chi connectivity index (χ4n) is 6.82. The first-order valence-electron chi connectivity index (χ1n) is 11.7. The van der Waals surface area contributed by atoms with Gasteiger partial charge in [0.1, 0.15) is 15.8 Å². The standard InChI is InChI=1S/C26H28N2O3S2/c1-30-20-10-16(11-21(13-20)31-2)22-4-3-19(27-22)12-23-25(29)28(26(32)33-23)24-17-6-14-5-15(8-17)9-18(24)7-14/h3-4,10-15,17-18,24,27H,5-9H2,1-2H3/b23-12-. The number of methoxy groups -OCH3 is 2. The molecular weight excluding hydrogens is 452 g/mol. The summed E-state index contributed by atoms with van der Waals surface area (Å²) in [4.78, 5) is 19.6. The van der Waals surface area contributed by atoms with Crippen molar-refractivity contribution in [3.8, 4) is 22.8 Å². The molecule has 2 aromatic rings. The normalized spacial score (nSPS) is 31.6. The number of carbonyl (C=O) groups is 1. The molecule has 2 heterocycles. The lowest BCUT2D eigenvalue weighted by Crippen LogP contribution is -2.57. The van der Waals surface area contributed by atoms with Crippen LogP contribution in [0.3, 0.4) is 0 Å². The number of benzene rings is 1. The lowest BCUT2D eigenvalue weighted by molar-refractivity contribution is -0.130. The third-order valence-corrected chi connectivity index (χ3v) is 9.29. The molecular formula is C26H28N2O3S2. The van der Waals surface area contributed by atoms with Crippen LogP contribution < -0.4 is 9.47 Å². The Morgan fingerprint density at radius 3 is 2.24 bits per heavy atom. The summed E-state index contributed by atoms with van der Waals surface area (Å²) in [6, 6.07) is 10.1. The summed E-state index contributed by atoms with van der Waals surface area (Å²) in [6.45, 7) is 0. The average molecular weight is 481 g/mol. The van der Waals surface area contributed by atoms with E-state index in [1.165, 1.54) is 43.9 Å². The van der Waals surface area contributed by atoms with Gasteiger partial charge < -0.3 is 14.5 Å². The highest BCUT2D eigenvalue weighted by Crippen LogP contribution is 2.56. The van der Waals surface area contributed by atoms with Crippen molar-refractivity contribution in [3.63, 3.8) is 0 Å². The number of nitrogens with one attached hydrogen (secondary N) is 1. The SMILES string of the molecule is COc1cc(OC)cc(-c2ccc(/C=C3\SC(=S)N(C4C5CC6CC(C5)CC4C6)C3=O)[nH]2)c1. The van der Waals surface area contributed by atoms with Gasteiger partial charge in [-0.15, -0.1) is 0 Å². The molecule has 5 nitrogen and oxygen atoms in total. The second-order valence-corrected chi connectivity index (χ2v) is 11.6. The molecule has 4 saturated carbocycles. The van der Waals surface area contributed by atoms with Crippen molar-refractivity contribution in [3.05, 3.63) is 40.9 Å². The number of ether oxygens (including phenoxy) is 2. The predicted molar refractivity (Wildman–Crippen MR) is 135 cm³/mol. The summed E-state index contributed by atoms with van der Waals surface area (Å²) in [5.74, 6) is 4.57. The van der Waals surface area contributed by atoms with E-state index in [-0.39, 0.29) is 5.91 Å². The van der Waals surface area contributed by atoms with Gasteiger partial charge in [-0.2, -0.15) is 0 Å². The summed E-state index contributed by atoms with van der Waals surface area (Å²) in [7, 11) is 3.29. The Morgan fingerprint density at radius 2 is 1.64 bits per heavy atom. The molecule has 1 aromatic carbocycles. The van der Waals surface area contributed by atoms with E-state index in [2.05, 4.69) is 4.98 Å². The molecule has 172 valence electrons. The topological polar surface area (TPSA) is 54.6 Å². The van der Waals surface area contributed by atoms with E-state index in [4.69, 9.17) is 21.7 Å². The molecule has 5 fully saturated rings. The van der Waals surface area contributed by atoms with Gasteiger partial charge in [-0.25, -0.2) is 0 Å². The minimum absolute atomic E-state index is 0.0849. The van der Waals surface area contributed by atoms with Crippen molar-refractivity contribution >= 4 is 40.3 Å². The van der Waals surface area contributed by atoms with Gasteiger partial charge in [-0.1, -0.05) is 24.0 Å². The van der Waals surface area contributed by atoms with Crippen LogP contribution in [-0.2, 0) is 4.79 Å². The van der Waals surface area contributed by atoms with Crippen molar-refractivity contribution in [2.45, 2.75) is 38.1 Å². The lowest BCUT2D eigenvalue weighted by atomic mass is 9.54. The molecule has 1 amide bonds. The van der Waals surface area contributed by atoms with Gasteiger partial charge in [-0.05, 0) is 86.1 Å². The molecule has 1 N–H and O–H groups in total. The van der Waals surface area contributed by atoms with Crippen LogP contribution in [0.4, 0.5) is 0 Å². The van der Waals surface area contributed by atoms with Gasteiger partial charge in [-0.3, -0.25) is 9.69 Å². The van der Waals surface area contributed by atoms with E-state index in [1.807, 2.05) is 41.3 Å². The highest BCUT2D eigenvalue weighted by Gasteiger charge is 2.53. The van der Waals surface area contributed by atoms with E-state index in [1.54, 1.807) is 14.2 Å². The minimum atomic E-state index is 0.0849. The van der Waals surface area contributed by atoms with Gasteiger partial charge in [0.25, 0.3) is 5.91 Å². The number of rotatable bonds is 5. The monoisotopic (exact) mass is 480 g/mol. The summed E-state index contributed by atoms with van der Waals surface area (Å²) in [5, 5.41) is 0. The zero-order valence-electron chi connectivity index (χ0n) is 18.9. The Kier molecular flexibility index (Phi) is 5.29. The van der Waals surface area contributed by atoms with E-state index in [0.29, 0.717) is 22.8 Å². The number of thioether (sulfide) groups is 1. The molecule has 7 rings (SSSR count). The zero-order chi connectivity index (χ0) is 22.7. The van der Waals surface area contributed by atoms with Gasteiger partial charge in [0.15, 0.2) is 0 Å². The number of hydrogen-bond acceptors (Lipinski definition) is 5. The molecule has 5 aliphatic rings. The molecule has 1 aromatic heterocycles.